The Morgan fingerprint density at radius 1 is 0.947 bits per heavy atom. The van der Waals surface area contributed by atoms with Crippen molar-refractivity contribution >= 4 is 23.4 Å². The van der Waals surface area contributed by atoms with Crippen LogP contribution < -0.4 is 9.47 Å². The molecule has 38 heavy (non-hydrogen) atoms. The van der Waals surface area contributed by atoms with Crippen LogP contribution in [-0.2, 0) is 19.1 Å². The molecule has 0 aliphatic carbocycles. The van der Waals surface area contributed by atoms with Crippen LogP contribution in [0.5, 0.6) is 11.5 Å². The van der Waals surface area contributed by atoms with E-state index in [4.69, 9.17) is 18.9 Å². The summed E-state index contributed by atoms with van der Waals surface area (Å²) in [4.78, 5) is 42.3. The molecular formula is C28H30N2O8. The van der Waals surface area contributed by atoms with Gasteiger partial charge in [-0.25, -0.2) is 4.79 Å². The van der Waals surface area contributed by atoms with Crippen LogP contribution in [0.25, 0.3) is 5.76 Å². The Hall–Kier alpha value is -3.89. The lowest BCUT2D eigenvalue weighted by molar-refractivity contribution is -0.140. The average Bonchev–Trinajstić information content (AvgIpc) is 3.21. The molecule has 2 aromatic rings. The van der Waals surface area contributed by atoms with Gasteiger partial charge in [0.25, 0.3) is 11.7 Å². The number of hydrogen-bond donors (Lipinski definition) is 1. The number of benzene rings is 2. The number of amides is 1. The van der Waals surface area contributed by atoms with Crippen molar-refractivity contribution in [3.63, 3.8) is 0 Å². The lowest BCUT2D eigenvalue weighted by Gasteiger charge is -2.29. The smallest absolute Gasteiger partial charge is 0.337 e. The number of fused-ring (bicyclic) bond motifs is 1. The highest BCUT2D eigenvalue weighted by Crippen LogP contribution is 2.41. The van der Waals surface area contributed by atoms with E-state index in [2.05, 4.69) is 4.90 Å². The minimum absolute atomic E-state index is 0.0103. The Bertz CT molecular complexity index is 1250. The highest BCUT2D eigenvalue weighted by Gasteiger charge is 2.46. The summed E-state index contributed by atoms with van der Waals surface area (Å²) in [5.74, 6) is -1.21. The Balaban J connectivity index is 1.49. The Morgan fingerprint density at radius 3 is 2.34 bits per heavy atom. The van der Waals surface area contributed by atoms with Crippen LogP contribution in [-0.4, -0.2) is 92.3 Å². The predicted molar refractivity (Wildman–Crippen MR) is 136 cm³/mol. The van der Waals surface area contributed by atoms with Crippen molar-refractivity contribution < 1.29 is 38.4 Å². The van der Waals surface area contributed by atoms with E-state index in [9.17, 15) is 19.5 Å². The fourth-order valence-corrected chi connectivity index (χ4v) is 5.01. The number of likely N-dealkylation sites (tertiary alicyclic amines) is 1. The summed E-state index contributed by atoms with van der Waals surface area (Å²) in [5.41, 5.74) is 1.27. The van der Waals surface area contributed by atoms with Crippen LogP contribution in [0, 0.1) is 0 Å². The van der Waals surface area contributed by atoms with Crippen LogP contribution in [0.15, 0.2) is 48.0 Å². The molecule has 10 nitrogen and oxygen atoms in total. The van der Waals surface area contributed by atoms with E-state index >= 15 is 0 Å². The van der Waals surface area contributed by atoms with Crippen molar-refractivity contribution in [2.45, 2.75) is 12.5 Å². The number of aliphatic hydroxyl groups is 1. The largest absolute Gasteiger partial charge is 0.507 e. The zero-order valence-electron chi connectivity index (χ0n) is 21.2. The molecule has 0 bridgehead atoms. The van der Waals surface area contributed by atoms with Gasteiger partial charge in [-0.2, -0.15) is 0 Å². The normalized spacial score (nSPS) is 21.0. The first-order valence-corrected chi connectivity index (χ1v) is 12.6. The van der Waals surface area contributed by atoms with Gasteiger partial charge in [-0.05, 0) is 42.3 Å². The van der Waals surface area contributed by atoms with Crippen LogP contribution in [0.3, 0.4) is 0 Å². The van der Waals surface area contributed by atoms with Gasteiger partial charge in [-0.3, -0.25) is 14.5 Å². The average molecular weight is 523 g/mol. The molecule has 3 aliphatic heterocycles. The van der Waals surface area contributed by atoms with Gasteiger partial charge in [0.15, 0.2) is 11.5 Å². The van der Waals surface area contributed by atoms with Crippen LogP contribution >= 0.6 is 0 Å². The van der Waals surface area contributed by atoms with Gasteiger partial charge < -0.3 is 29.0 Å². The SMILES string of the molecule is COC(=O)c1ccc([C@@H]2C(=C(O)c3ccc4c(c3)OCCO4)C(=O)C(=O)N2CCCN2CCOCC2)cc1. The third-order valence-electron chi connectivity index (χ3n) is 6.98. The first kappa shape index (κ1) is 25.7. The van der Waals surface area contributed by atoms with Gasteiger partial charge in [0, 0.05) is 31.7 Å². The second kappa shape index (κ2) is 11.2. The molecular weight excluding hydrogens is 492 g/mol. The van der Waals surface area contributed by atoms with Crippen LogP contribution in [0.2, 0.25) is 0 Å². The minimum atomic E-state index is -0.820. The van der Waals surface area contributed by atoms with Crippen molar-refractivity contribution in [3.05, 3.63) is 64.7 Å². The number of morpholine rings is 1. The lowest BCUT2D eigenvalue weighted by atomic mass is 9.94. The van der Waals surface area contributed by atoms with Gasteiger partial charge in [0.2, 0.25) is 0 Å². The Morgan fingerprint density at radius 2 is 1.63 bits per heavy atom. The second-order valence-electron chi connectivity index (χ2n) is 9.27. The van der Waals surface area contributed by atoms with Crippen molar-refractivity contribution in [2.24, 2.45) is 0 Å². The van der Waals surface area contributed by atoms with E-state index in [1.54, 1.807) is 42.5 Å². The van der Waals surface area contributed by atoms with E-state index in [0.717, 1.165) is 19.6 Å². The Kier molecular flexibility index (Phi) is 7.62. The number of esters is 1. The van der Waals surface area contributed by atoms with Gasteiger partial charge in [-0.15, -0.1) is 0 Å². The number of carbonyl (C=O) groups is 3. The van der Waals surface area contributed by atoms with Gasteiger partial charge in [0.1, 0.15) is 19.0 Å². The number of carbonyl (C=O) groups excluding carboxylic acids is 3. The quantitative estimate of drug-likeness (QED) is 0.253. The third kappa shape index (κ3) is 5.09. The fourth-order valence-electron chi connectivity index (χ4n) is 5.01. The highest BCUT2D eigenvalue weighted by atomic mass is 16.6. The molecule has 0 aromatic heterocycles. The molecule has 2 saturated heterocycles. The monoisotopic (exact) mass is 522 g/mol. The predicted octanol–water partition coefficient (Wildman–Crippen LogP) is 2.39. The van der Waals surface area contributed by atoms with Gasteiger partial charge >= 0.3 is 5.97 Å². The molecule has 1 amide bonds. The second-order valence-corrected chi connectivity index (χ2v) is 9.27. The summed E-state index contributed by atoms with van der Waals surface area (Å²) < 4.78 is 21.4. The number of hydrogen-bond acceptors (Lipinski definition) is 9. The molecule has 0 unspecified atom stereocenters. The first-order valence-electron chi connectivity index (χ1n) is 12.6. The van der Waals surface area contributed by atoms with Crippen LogP contribution in [0.4, 0.5) is 0 Å². The van der Waals surface area contributed by atoms with Gasteiger partial charge in [0.05, 0.1) is 37.5 Å². The number of methoxy groups -OCH3 is 1. The molecule has 1 atom stereocenters. The minimum Gasteiger partial charge on any atom is -0.507 e. The standard InChI is InChI=1S/C28H30N2O8/c1-35-28(34)19-5-3-18(4-6-19)24-23(25(31)20-7-8-21-22(17-20)38-16-15-37-21)26(32)27(33)30(24)10-2-9-29-11-13-36-14-12-29/h3-8,17,24,31H,2,9-16H2,1H3/t24-/m1/s1. The molecule has 2 aromatic carbocycles. The molecule has 0 saturated carbocycles. The van der Waals surface area contributed by atoms with E-state index in [0.29, 0.717) is 67.6 Å². The number of aliphatic hydroxyl groups excluding tert-OH is 1. The zero-order chi connectivity index (χ0) is 26.6. The summed E-state index contributed by atoms with van der Waals surface area (Å²) in [6, 6.07) is 10.6. The van der Waals surface area contributed by atoms with E-state index in [1.807, 2.05) is 0 Å². The summed E-state index contributed by atoms with van der Waals surface area (Å²) in [6.07, 6.45) is 0.647. The van der Waals surface area contributed by atoms with Crippen LogP contribution in [0.1, 0.15) is 33.9 Å². The summed E-state index contributed by atoms with van der Waals surface area (Å²) >= 11 is 0. The molecule has 10 heteroatoms. The highest BCUT2D eigenvalue weighted by molar-refractivity contribution is 6.46. The van der Waals surface area contributed by atoms with E-state index in [1.165, 1.54) is 12.0 Å². The van der Waals surface area contributed by atoms with Crippen molar-refractivity contribution in [1.29, 1.82) is 0 Å². The molecule has 200 valence electrons. The molecule has 0 spiro atoms. The third-order valence-corrected chi connectivity index (χ3v) is 6.98. The maximum atomic E-state index is 13.3. The molecule has 5 rings (SSSR count). The summed E-state index contributed by atoms with van der Waals surface area (Å²) in [6.45, 7) is 4.86. The zero-order valence-corrected chi connectivity index (χ0v) is 21.2. The van der Waals surface area contributed by atoms with Gasteiger partial charge in [-0.1, -0.05) is 12.1 Å². The molecule has 3 aliphatic rings. The number of ether oxygens (including phenoxy) is 4. The van der Waals surface area contributed by atoms with Crippen molar-refractivity contribution in [2.75, 3.05) is 59.7 Å². The van der Waals surface area contributed by atoms with E-state index < -0.39 is 23.7 Å². The number of Topliss-reactive ketones (excluding diaryl/α,β-unsaturated/α-hetero) is 1. The fraction of sp³-hybridized carbons (Fsp3) is 0.393. The topological polar surface area (TPSA) is 115 Å². The molecule has 3 heterocycles. The first-order chi connectivity index (χ1) is 18.5. The van der Waals surface area contributed by atoms with Crippen molar-refractivity contribution in [3.8, 4) is 11.5 Å². The number of nitrogens with zero attached hydrogens (tertiary/aromatic N) is 2. The van der Waals surface area contributed by atoms with Crippen molar-refractivity contribution in [1.82, 2.24) is 9.80 Å². The summed E-state index contributed by atoms with van der Waals surface area (Å²) in [5, 5.41) is 11.4. The molecule has 2 fully saturated rings. The number of rotatable bonds is 7. The Labute approximate surface area is 220 Å². The maximum Gasteiger partial charge on any atom is 0.337 e. The van der Waals surface area contributed by atoms with E-state index in [-0.39, 0.29) is 11.3 Å². The number of ketones is 1. The molecule has 1 N–H and O–H groups in total. The maximum absolute atomic E-state index is 13.3. The molecule has 0 radical (unpaired) electrons. The summed E-state index contributed by atoms with van der Waals surface area (Å²) in [7, 11) is 1.30. The lowest BCUT2D eigenvalue weighted by Crippen LogP contribution is -2.39.